The minimum Gasteiger partial charge on any atom is -0.367 e. The third-order valence-corrected chi connectivity index (χ3v) is 12.1. The predicted octanol–water partition coefficient (Wildman–Crippen LogP) is 3.43. The Bertz CT molecular complexity index is 3210. The molecule has 0 radical (unpaired) electrons. The van der Waals surface area contributed by atoms with E-state index in [1.165, 1.54) is 20.9 Å². The third-order valence-electron chi connectivity index (χ3n) is 12.1. The van der Waals surface area contributed by atoms with Crippen molar-refractivity contribution in [3.05, 3.63) is 111 Å². The summed E-state index contributed by atoms with van der Waals surface area (Å²) in [7, 11) is 1.72. The van der Waals surface area contributed by atoms with Crippen LogP contribution in [0.2, 0.25) is 0 Å². The zero-order valence-electron chi connectivity index (χ0n) is 33.3. The van der Waals surface area contributed by atoms with E-state index in [1.54, 1.807) is 60.0 Å². The lowest BCUT2D eigenvalue weighted by molar-refractivity contribution is 0.258. The van der Waals surface area contributed by atoms with Crippen LogP contribution in [0, 0.1) is 25.5 Å². The minimum atomic E-state index is -0.518. The van der Waals surface area contributed by atoms with Gasteiger partial charge in [0, 0.05) is 104 Å². The number of fused-ring (bicyclic) bond motifs is 4. The molecular weight excluding hydrogens is 771 g/mol. The lowest BCUT2D eigenvalue weighted by Gasteiger charge is -2.48. The van der Waals surface area contributed by atoms with Gasteiger partial charge >= 0.3 is 11.4 Å². The van der Waals surface area contributed by atoms with E-state index in [0.29, 0.717) is 46.6 Å². The summed E-state index contributed by atoms with van der Waals surface area (Å²) in [5, 5.41) is 12.6. The number of nitrogens with zero attached hydrogens (tertiary/aromatic N) is 12. The zero-order chi connectivity index (χ0) is 41.2. The summed E-state index contributed by atoms with van der Waals surface area (Å²) in [5.74, 6) is -0.728. The van der Waals surface area contributed by atoms with Crippen molar-refractivity contribution in [2.24, 2.45) is 7.05 Å². The fourth-order valence-corrected chi connectivity index (χ4v) is 9.13. The molecule has 16 nitrogen and oxygen atoms in total. The number of anilines is 2. The van der Waals surface area contributed by atoms with Gasteiger partial charge in [0.1, 0.15) is 16.8 Å². The topological polar surface area (TPSA) is 160 Å². The number of hydrogen-bond acceptors (Lipinski definition) is 12. The first-order chi connectivity index (χ1) is 28.8. The average Bonchev–Trinajstić information content (AvgIpc) is 3.64. The minimum absolute atomic E-state index is 0.0459. The van der Waals surface area contributed by atoms with Gasteiger partial charge in [0.2, 0.25) is 0 Å². The standard InChI is InChI=1S/C42H40F2N14O2/c1-22-9-29(18-58-38(22)48-37(50-41(58)60)27-12-31(44)39-46-24(3)14-55(39)16-27)56-20-33(51-42(21-56)7-8-42)32-19-54(13-23(2)45-32)28-5-6-34-47-36(49-40(59)57(34)17-28)25-10-26-15-53(4)52-35(26)30(43)11-25/h5-6,9-12,14-18,23,32-33,45,51H,7-8,13,19-21H2,1-4H3/t23-,32?,33?/m0/s1. The van der Waals surface area contributed by atoms with Gasteiger partial charge in [-0.2, -0.15) is 15.1 Å². The number of pyridine rings is 3. The number of benzene rings is 1. The Morgan fingerprint density at radius 1 is 0.733 bits per heavy atom. The molecule has 0 bridgehead atoms. The zero-order valence-corrected chi connectivity index (χ0v) is 33.3. The quantitative estimate of drug-likeness (QED) is 0.261. The van der Waals surface area contributed by atoms with Crippen LogP contribution in [0.25, 0.3) is 50.6 Å². The Balaban J connectivity index is 0.862. The molecule has 3 atom stereocenters. The number of piperazine rings is 2. The highest BCUT2D eigenvalue weighted by molar-refractivity contribution is 5.83. The number of rotatable bonds is 5. The number of aromatic nitrogens is 10. The second-order valence-electron chi connectivity index (χ2n) is 16.7. The van der Waals surface area contributed by atoms with Crippen LogP contribution >= 0.6 is 0 Å². The molecule has 11 rings (SSSR count). The van der Waals surface area contributed by atoms with Crippen molar-refractivity contribution in [2.75, 3.05) is 36.0 Å². The van der Waals surface area contributed by atoms with E-state index < -0.39 is 23.0 Å². The lowest BCUT2D eigenvalue weighted by Crippen LogP contribution is -2.69. The molecule has 2 saturated heterocycles. The van der Waals surface area contributed by atoms with Gasteiger partial charge in [-0.3, -0.25) is 4.68 Å². The number of halogens is 2. The molecule has 1 saturated carbocycles. The molecule has 304 valence electrons. The first-order valence-corrected chi connectivity index (χ1v) is 20.0. The Morgan fingerprint density at radius 2 is 1.48 bits per heavy atom. The van der Waals surface area contributed by atoms with Crippen molar-refractivity contribution in [3.63, 3.8) is 0 Å². The molecule has 2 aliphatic heterocycles. The molecule has 2 unspecified atom stereocenters. The van der Waals surface area contributed by atoms with Gasteiger partial charge in [-0.15, -0.1) is 0 Å². The highest BCUT2D eigenvalue weighted by Crippen LogP contribution is 2.41. The average molecular weight is 811 g/mol. The van der Waals surface area contributed by atoms with Crippen molar-refractivity contribution in [1.29, 1.82) is 0 Å². The summed E-state index contributed by atoms with van der Waals surface area (Å²) >= 11 is 0. The summed E-state index contributed by atoms with van der Waals surface area (Å²) < 4.78 is 35.9. The van der Waals surface area contributed by atoms with Crippen LogP contribution in [0.5, 0.6) is 0 Å². The summed E-state index contributed by atoms with van der Waals surface area (Å²) in [6.45, 7) is 8.74. The van der Waals surface area contributed by atoms with E-state index in [-0.39, 0.29) is 46.5 Å². The number of aryl methyl sites for hydroxylation is 3. The van der Waals surface area contributed by atoms with Gasteiger partial charge in [-0.05, 0) is 75.6 Å². The van der Waals surface area contributed by atoms with Crippen LogP contribution in [0.1, 0.15) is 31.0 Å². The van der Waals surface area contributed by atoms with Gasteiger partial charge in [0.25, 0.3) is 0 Å². The maximum atomic E-state index is 15.0. The first kappa shape index (κ1) is 36.4. The number of nitrogens with one attached hydrogen (secondary N) is 2. The highest BCUT2D eigenvalue weighted by atomic mass is 19.1. The molecule has 7 aromatic heterocycles. The normalized spacial score (nSPS) is 20.3. The maximum absolute atomic E-state index is 15.0. The van der Waals surface area contributed by atoms with E-state index in [2.05, 4.69) is 58.5 Å². The van der Waals surface area contributed by atoms with Crippen LogP contribution < -0.4 is 31.8 Å². The first-order valence-electron chi connectivity index (χ1n) is 20.0. The molecule has 18 heteroatoms. The summed E-state index contributed by atoms with van der Waals surface area (Å²) in [6.07, 6.45) is 10.8. The van der Waals surface area contributed by atoms with E-state index in [9.17, 15) is 18.4 Å². The van der Waals surface area contributed by atoms with Gasteiger partial charge in [-0.25, -0.2) is 42.1 Å². The van der Waals surface area contributed by atoms with Crippen molar-refractivity contribution < 1.29 is 8.78 Å². The van der Waals surface area contributed by atoms with Gasteiger partial charge in [-0.1, -0.05) is 0 Å². The maximum Gasteiger partial charge on any atom is 0.355 e. The molecule has 9 heterocycles. The van der Waals surface area contributed by atoms with Crippen molar-refractivity contribution in [1.82, 2.24) is 58.5 Å². The Hall–Kier alpha value is -6.66. The van der Waals surface area contributed by atoms with Crippen molar-refractivity contribution >= 4 is 39.2 Å². The molecule has 0 amide bonds. The van der Waals surface area contributed by atoms with Crippen molar-refractivity contribution in [3.8, 4) is 22.8 Å². The van der Waals surface area contributed by atoms with E-state index >= 15 is 0 Å². The summed E-state index contributed by atoms with van der Waals surface area (Å²) in [6, 6.07) is 10.4. The lowest BCUT2D eigenvalue weighted by atomic mass is 9.97. The monoisotopic (exact) mass is 810 g/mol. The molecule has 8 aromatic rings. The second kappa shape index (κ2) is 13.2. The van der Waals surface area contributed by atoms with Gasteiger partial charge < -0.3 is 24.8 Å². The third kappa shape index (κ3) is 6.16. The van der Waals surface area contributed by atoms with Crippen LogP contribution in [0.3, 0.4) is 0 Å². The summed E-state index contributed by atoms with van der Waals surface area (Å²) in [4.78, 5) is 53.8. The van der Waals surface area contributed by atoms with Crippen LogP contribution in [-0.2, 0) is 7.05 Å². The molecule has 1 aromatic carbocycles. The van der Waals surface area contributed by atoms with E-state index in [1.807, 2.05) is 19.2 Å². The molecule has 1 aliphatic carbocycles. The number of hydrogen-bond donors (Lipinski definition) is 2. The molecule has 2 N–H and O–H groups in total. The summed E-state index contributed by atoms with van der Waals surface area (Å²) in [5.41, 5.74) is 4.29. The van der Waals surface area contributed by atoms with Crippen LogP contribution in [0.15, 0.2) is 77.0 Å². The predicted molar refractivity (Wildman–Crippen MR) is 221 cm³/mol. The SMILES string of the molecule is Cc1cn2cc(-c3nc(=O)n4cc(N5CC(C6CN(c7ccc8nc(-c9cc(F)c%10nn(C)cc%10c9)nc(=O)n8c7)C[C@H](C)N6)NC6(CC6)C5)cc(C)c4n3)cc(F)c2n1. The second-order valence-corrected chi connectivity index (χ2v) is 16.7. The van der Waals surface area contributed by atoms with Gasteiger partial charge in [0.05, 0.1) is 17.1 Å². The van der Waals surface area contributed by atoms with Crippen molar-refractivity contribution in [2.45, 2.75) is 57.3 Å². The van der Waals surface area contributed by atoms with E-state index in [0.717, 1.165) is 42.9 Å². The fourth-order valence-electron chi connectivity index (χ4n) is 9.13. The molecule has 3 aliphatic rings. The molecule has 3 fully saturated rings. The molecule has 1 spiro atoms. The fraction of sp³-hybridized carbons (Fsp3) is 0.333. The van der Waals surface area contributed by atoms with E-state index in [4.69, 9.17) is 4.98 Å². The van der Waals surface area contributed by atoms with Gasteiger partial charge in [0.15, 0.2) is 28.9 Å². The Labute approximate surface area is 340 Å². The Kier molecular flexibility index (Phi) is 8.00. The largest absolute Gasteiger partial charge is 0.367 e. The number of imidazole rings is 1. The molecule has 60 heavy (non-hydrogen) atoms. The van der Waals surface area contributed by atoms with Crippen LogP contribution in [0.4, 0.5) is 20.2 Å². The molecular formula is C42H40F2N14O2. The van der Waals surface area contributed by atoms with Crippen LogP contribution in [-0.4, -0.2) is 97.7 Å². The Morgan fingerprint density at radius 3 is 2.30 bits per heavy atom. The highest BCUT2D eigenvalue weighted by Gasteiger charge is 2.50. The smallest absolute Gasteiger partial charge is 0.355 e.